The van der Waals surface area contributed by atoms with E-state index < -0.39 is 0 Å². The van der Waals surface area contributed by atoms with Gasteiger partial charge < -0.3 is 10.4 Å². The highest BCUT2D eigenvalue weighted by molar-refractivity contribution is 7.99. The predicted octanol–water partition coefficient (Wildman–Crippen LogP) is 3.42. The van der Waals surface area contributed by atoms with E-state index in [0.717, 1.165) is 18.7 Å². The molecule has 3 heteroatoms. The summed E-state index contributed by atoms with van der Waals surface area (Å²) in [6, 6.07) is 11.6. The number of hydrogen-bond acceptors (Lipinski definition) is 3. The molecule has 2 N–H and O–H groups in total. The molecule has 0 aliphatic heterocycles. The van der Waals surface area contributed by atoms with Gasteiger partial charge in [0.15, 0.2) is 0 Å². The topological polar surface area (TPSA) is 32.3 Å². The quantitative estimate of drug-likeness (QED) is 0.756. The minimum atomic E-state index is 0.313. The Bertz CT molecular complexity index is 371. The summed E-state index contributed by atoms with van der Waals surface area (Å²) in [7, 11) is 0. The molecular weight excluding hydrogens is 266 g/mol. The van der Waals surface area contributed by atoms with Crippen LogP contribution in [0.3, 0.4) is 0 Å². The lowest BCUT2D eigenvalue weighted by Gasteiger charge is -2.36. The molecule has 2 nitrogen and oxygen atoms in total. The standard InChI is InChI=1S/C17H27NOS/c1-2-18-16-10-9-15(14-7-4-3-5-8-14)13-17(16)20-12-6-11-19/h3-5,7-8,15-19H,2,6,9-13H2,1H3. The molecule has 0 heterocycles. The molecule has 1 saturated carbocycles. The normalized spacial score (nSPS) is 26.6. The zero-order chi connectivity index (χ0) is 14.2. The van der Waals surface area contributed by atoms with Gasteiger partial charge in [0.2, 0.25) is 0 Å². The Kier molecular flexibility index (Phi) is 6.91. The first-order valence-corrected chi connectivity index (χ1v) is 8.90. The summed E-state index contributed by atoms with van der Waals surface area (Å²) >= 11 is 2.05. The monoisotopic (exact) mass is 293 g/mol. The van der Waals surface area contributed by atoms with Crippen LogP contribution >= 0.6 is 11.8 Å². The van der Waals surface area contributed by atoms with Crippen molar-refractivity contribution in [1.29, 1.82) is 0 Å². The lowest BCUT2D eigenvalue weighted by atomic mass is 9.81. The first-order valence-electron chi connectivity index (χ1n) is 7.86. The van der Waals surface area contributed by atoms with Gasteiger partial charge in [0.25, 0.3) is 0 Å². The maximum Gasteiger partial charge on any atom is 0.0438 e. The van der Waals surface area contributed by atoms with Crippen LogP contribution in [0.4, 0.5) is 0 Å². The van der Waals surface area contributed by atoms with Crippen LogP contribution in [0.5, 0.6) is 0 Å². The van der Waals surface area contributed by atoms with Crippen molar-refractivity contribution in [2.24, 2.45) is 0 Å². The molecule has 0 radical (unpaired) electrons. The molecule has 1 aliphatic carbocycles. The number of nitrogens with one attached hydrogen (secondary N) is 1. The Balaban J connectivity index is 1.95. The number of thioether (sulfide) groups is 1. The van der Waals surface area contributed by atoms with E-state index in [-0.39, 0.29) is 0 Å². The molecule has 0 amide bonds. The van der Waals surface area contributed by atoms with Gasteiger partial charge in [-0.2, -0.15) is 11.8 Å². The Morgan fingerprint density at radius 1 is 1.25 bits per heavy atom. The number of rotatable bonds is 7. The predicted molar refractivity (Wildman–Crippen MR) is 88.4 cm³/mol. The van der Waals surface area contributed by atoms with E-state index in [2.05, 4.69) is 42.6 Å². The van der Waals surface area contributed by atoms with Gasteiger partial charge in [-0.15, -0.1) is 0 Å². The third-order valence-corrected chi connectivity index (χ3v) is 5.64. The molecule has 1 fully saturated rings. The third kappa shape index (κ3) is 4.51. The first-order chi connectivity index (χ1) is 9.85. The third-order valence-electron chi connectivity index (χ3n) is 4.16. The van der Waals surface area contributed by atoms with Crippen LogP contribution in [0, 0.1) is 0 Å². The molecule has 1 aromatic carbocycles. The Labute approximate surface area is 127 Å². The average molecular weight is 293 g/mol. The van der Waals surface area contributed by atoms with Crippen molar-refractivity contribution in [3.8, 4) is 0 Å². The zero-order valence-corrected chi connectivity index (χ0v) is 13.2. The van der Waals surface area contributed by atoms with E-state index in [4.69, 9.17) is 5.11 Å². The fourth-order valence-corrected chi connectivity index (χ4v) is 4.57. The fraction of sp³-hybridized carbons (Fsp3) is 0.647. The molecule has 0 spiro atoms. The fourth-order valence-electron chi connectivity index (χ4n) is 3.14. The van der Waals surface area contributed by atoms with Crippen molar-refractivity contribution in [3.05, 3.63) is 35.9 Å². The molecule has 20 heavy (non-hydrogen) atoms. The molecule has 1 aliphatic rings. The summed E-state index contributed by atoms with van der Waals surface area (Å²) in [4.78, 5) is 0. The molecule has 2 rings (SSSR count). The SMILES string of the molecule is CCNC1CCC(c2ccccc2)CC1SCCCO. The minimum Gasteiger partial charge on any atom is -0.396 e. The van der Waals surface area contributed by atoms with E-state index in [9.17, 15) is 0 Å². The van der Waals surface area contributed by atoms with Gasteiger partial charge in [-0.1, -0.05) is 37.3 Å². The molecule has 3 atom stereocenters. The summed E-state index contributed by atoms with van der Waals surface area (Å²) in [6.07, 6.45) is 4.73. The van der Waals surface area contributed by atoms with Crippen LogP contribution in [0.15, 0.2) is 30.3 Å². The van der Waals surface area contributed by atoms with E-state index in [1.807, 2.05) is 11.8 Å². The second-order valence-corrected chi connectivity index (χ2v) is 6.92. The molecule has 1 aromatic rings. The lowest BCUT2D eigenvalue weighted by Crippen LogP contribution is -2.42. The average Bonchev–Trinajstić information content (AvgIpc) is 2.50. The summed E-state index contributed by atoms with van der Waals surface area (Å²) in [5, 5.41) is 13.3. The van der Waals surface area contributed by atoms with Crippen LogP contribution in [-0.4, -0.2) is 35.3 Å². The number of aliphatic hydroxyl groups excluding tert-OH is 1. The van der Waals surface area contributed by atoms with Crippen molar-refractivity contribution >= 4 is 11.8 Å². The highest BCUT2D eigenvalue weighted by atomic mass is 32.2. The molecule has 112 valence electrons. The largest absolute Gasteiger partial charge is 0.396 e. The van der Waals surface area contributed by atoms with Gasteiger partial charge in [0.1, 0.15) is 0 Å². The maximum absolute atomic E-state index is 8.97. The van der Waals surface area contributed by atoms with Crippen LogP contribution < -0.4 is 5.32 Å². The van der Waals surface area contributed by atoms with Gasteiger partial charge in [0, 0.05) is 17.9 Å². The summed E-state index contributed by atoms with van der Waals surface area (Å²) < 4.78 is 0. The van der Waals surface area contributed by atoms with Crippen molar-refractivity contribution < 1.29 is 5.11 Å². The van der Waals surface area contributed by atoms with Crippen LogP contribution in [0.25, 0.3) is 0 Å². The first kappa shape index (κ1) is 15.9. The van der Waals surface area contributed by atoms with E-state index in [1.54, 1.807) is 0 Å². The summed E-state index contributed by atoms with van der Waals surface area (Å²) in [5.41, 5.74) is 1.50. The minimum absolute atomic E-state index is 0.313. The number of benzene rings is 1. The van der Waals surface area contributed by atoms with E-state index >= 15 is 0 Å². The van der Waals surface area contributed by atoms with Crippen LogP contribution in [0.2, 0.25) is 0 Å². The summed E-state index contributed by atoms with van der Waals surface area (Å²) in [5.74, 6) is 1.78. The second-order valence-electron chi connectivity index (χ2n) is 5.57. The van der Waals surface area contributed by atoms with E-state index in [0.29, 0.717) is 23.8 Å². The van der Waals surface area contributed by atoms with Gasteiger partial charge in [-0.3, -0.25) is 0 Å². The zero-order valence-electron chi connectivity index (χ0n) is 12.4. The van der Waals surface area contributed by atoms with Crippen molar-refractivity contribution in [3.63, 3.8) is 0 Å². The molecule has 3 unspecified atom stereocenters. The van der Waals surface area contributed by atoms with Gasteiger partial charge in [-0.05, 0) is 49.5 Å². The Morgan fingerprint density at radius 2 is 2.05 bits per heavy atom. The highest BCUT2D eigenvalue weighted by Gasteiger charge is 2.30. The molecule has 0 bridgehead atoms. The van der Waals surface area contributed by atoms with Crippen LogP contribution in [0.1, 0.15) is 44.1 Å². The number of hydrogen-bond donors (Lipinski definition) is 2. The molecule has 0 aromatic heterocycles. The highest BCUT2D eigenvalue weighted by Crippen LogP contribution is 2.38. The van der Waals surface area contributed by atoms with Crippen molar-refractivity contribution in [2.75, 3.05) is 18.9 Å². The van der Waals surface area contributed by atoms with Gasteiger partial charge in [-0.25, -0.2) is 0 Å². The molecular formula is C17H27NOS. The van der Waals surface area contributed by atoms with Gasteiger partial charge >= 0.3 is 0 Å². The molecule has 0 saturated heterocycles. The lowest BCUT2D eigenvalue weighted by molar-refractivity contribution is 0.296. The van der Waals surface area contributed by atoms with Gasteiger partial charge in [0.05, 0.1) is 0 Å². The number of aliphatic hydroxyl groups is 1. The summed E-state index contributed by atoms with van der Waals surface area (Å²) in [6.45, 7) is 3.56. The maximum atomic E-state index is 8.97. The smallest absolute Gasteiger partial charge is 0.0438 e. The Morgan fingerprint density at radius 3 is 2.75 bits per heavy atom. The van der Waals surface area contributed by atoms with Crippen LogP contribution in [-0.2, 0) is 0 Å². The second kappa shape index (κ2) is 8.71. The Hall–Kier alpha value is -0.510. The van der Waals surface area contributed by atoms with E-state index in [1.165, 1.54) is 24.8 Å². The van der Waals surface area contributed by atoms with Crippen molar-refractivity contribution in [2.45, 2.75) is 49.8 Å². The van der Waals surface area contributed by atoms with Crippen molar-refractivity contribution in [1.82, 2.24) is 5.32 Å².